The van der Waals surface area contributed by atoms with E-state index in [0.29, 0.717) is 36.1 Å². The van der Waals surface area contributed by atoms with E-state index >= 15 is 0 Å². The molecule has 190 valence electrons. The highest BCUT2D eigenvalue weighted by atomic mass is 16.5. The molecule has 4 rings (SSSR count). The number of aryl methyl sites for hydroxylation is 1. The summed E-state index contributed by atoms with van der Waals surface area (Å²) in [6, 6.07) is 11.2. The van der Waals surface area contributed by atoms with Crippen molar-refractivity contribution >= 4 is 11.8 Å². The molecule has 2 heterocycles. The normalized spacial score (nSPS) is 17.4. The number of carbonyl (C=O) groups excluding carboxylic acids is 2. The van der Waals surface area contributed by atoms with Gasteiger partial charge in [-0.3, -0.25) is 9.59 Å². The van der Waals surface area contributed by atoms with Crippen molar-refractivity contribution in [2.24, 2.45) is 11.7 Å². The van der Waals surface area contributed by atoms with Gasteiger partial charge in [-0.25, -0.2) is 4.98 Å². The topological polar surface area (TPSA) is 150 Å². The lowest BCUT2D eigenvalue weighted by molar-refractivity contribution is -0.120. The van der Waals surface area contributed by atoms with Gasteiger partial charge in [-0.15, -0.1) is 10.2 Å². The zero-order chi connectivity index (χ0) is 25.5. The van der Waals surface area contributed by atoms with Crippen LogP contribution in [0.3, 0.4) is 0 Å². The van der Waals surface area contributed by atoms with Crippen molar-refractivity contribution in [2.75, 3.05) is 13.7 Å². The number of carbonyl (C=O) groups is 2. The van der Waals surface area contributed by atoms with Crippen LogP contribution in [0.5, 0.6) is 5.75 Å². The zero-order valence-corrected chi connectivity index (χ0v) is 20.6. The van der Waals surface area contributed by atoms with Crippen molar-refractivity contribution in [1.29, 1.82) is 0 Å². The van der Waals surface area contributed by atoms with Gasteiger partial charge in [0.25, 0.3) is 5.91 Å². The molecule has 1 aliphatic rings. The first-order valence-electron chi connectivity index (χ1n) is 12.1. The Hall–Kier alpha value is -3.86. The van der Waals surface area contributed by atoms with Crippen LogP contribution in [0.2, 0.25) is 0 Å². The van der Waals surface area contributed by atoms with E-state index in [-0.39, 0.29) is 30.1 Å². The number of methoxy groups -OCH3 is 1. The number of pyridine rings is 1. The van der Waals surface area contributed by atoms with E-state index < -0.39 is 0 Å². The van der Waals surface area contributed by atoms with Crippen LogP contribution in [-0.4, -0.2) is 56.7 Å². The SMILES string of the molecule is COc1cccc(CNC(=O)c2cc(-c3nnn(CC4CCC[C@@H](NC(=O)CN)C4)n3)cc(C)n2)c1. The summed E-state index contributed by atoms with van der Waals surface area (Å²) in [5, 5.41) is 18.9. The Morgan fingerprint density at radius 1 is 1.22 bits per heavy atom. The van der Waals surface area contributed by atoms with E-state index in [1.54, 1.807) is 18.0 Å². The molecular weight excluding hydrogens is 460 g/mol. The molecule has 1 aliphatic carbocycles. The van der Waals surface area contributed by atoms with E-state index in [4.69, 9.17) is 10.5 Å². The van der Waals surface area contributed by atoms with Crippen molar-refractivity contribution in [1.82, 2.24) is 35.8 Å². The molecule has 2 aromatic heterocycles. The molecule has 0 saturated heterocycles. The van der Waals surface area contributed by atoms with Crippen LogP contribution >= 0.6 is 0 Å². The third-order valence-corrected chi connectivity index (χ3v) is 6.24. The van der Waals surface area contributed by atoms with Crippen LogP contribution in [-0.2, 0) is 17.9 Å². The minimum Gasteiger partial charge on any atom is -0.497 e. The number of hydrogen-bond donors (Lipinski definition) is 3. The summed E-state index contributed by atoms with van der Waals surface area (Å²) in [6.45, 7) is 2.79. The fraction of sp³-hybridized carbons (Fsp3) is 0.440. The standard InChI is InChI=1S/C25H32N8O3/c1-16-9-19(12-22(28-16)25(35)27-14-17-5-4-8-21(11-17)36-2)24-30-32-33(31-24)15-18-6-3-7-20(10-18)29-23(34)13-26/h4-5,8-9,11-12,18,20H,3,6-7,10,13-15,26H2,1-2H3,(H,27,35)(H,29,34)/t18?,20-/m1/s1. The first-order valence-corrected chi connectivity index (χ1v) is 12.1. The van der Waals surface area contributed by atoms with Crippen LogP contribution in [0.15, 0.2) is 36.4 Å². The van der Waals surface area contributed by atoms with Gasteiger partial charge in [-0.05, 0) is 67.1 Å². The first kappa shape index (κ1) is 25.2. The Morgan fingerprint density at radius 3 is 2.89 bits per heavy atom. The monoisotopic (exact) mass is 492 g/mol. The minimum atomic E-state index is -0.289. The van der Waals surface area contributed by atoms with Gasteiger partial charge in [0.05, 0.1) is 20.2 Å². The Bertz CT molecular complexity index is 1210. The average molecular weight is 493 g/mol. The fourth-order valence-corrected chi connectivity index (χ4v) is 4.51. The molecule has 0 spiro atoms. The van der Waals surface area contributed by atoms with Crippen molar-refractivity contribution in [3.63, 3.8) is 0 Å². The second-order valence-corrected chi connectivity index (χ2v) is 9.09. The summed E-state index contributed by atoms with van der Waals surface area (Å²) >= 11 is 0. The molecule has 0 bridgehead atoms. The maximum Gasteiger partial charge on any atom is 0.270 e. The highest BCUT2D eigenvalue weighted by molar-refractivity contribution is 5.93. The number of benzene rings is 1. The molecule has 0 radical (unpaired) electrons. The van der Waals surface area contributed by atoms with Crippen molar-refractivity contribution in [3.8, 4) is 17.1 Å². The predicted octanol–water partition coefficient (Wildman–Crippen LogP) is 1.62. The number of rotatable bonds is 9. The summed E-state index contributed by atoms with van der Waals surface area (Å²) in [5.74, 6) is 1.09. The lowest BCUT2D eigenvalue weighted by Crippen LogP contribution is -2.42. The van der Waals surface area contributed by atoms with Gasteiger partial charge in [0, 0.05) is 23.8 Å². The van der Waals surface area contributed by atoms with E-state index in [1.807, 2.05) is 37.3 Å². The summed E-state index contributed by atoms with van der Waals surface area (Å²) in [7, 11) is 1.61. The summed E-state index contributed by atoms with van der Waals surface area (Å²) in [6.07, 6.45) is 3.88. The molecule has 1 aromatic carbocycles. The van der Waals surface area contributed by atoms with Crippen LogP contribution < -0.4 is 21.1 Å². The molecule has 1 fully saturated rings. The number of nitrogens with zero attached hydrogens (tertiary/aromatic N) is 5. The highest BCUT2D eigenvalue weighted by Crippen LogP contribution is 2.26. The van der Waals surface area contributed by atoms with Crippen molar-refractivity contribution in [2.45, 2.75) is 51.7 Å². The fourth-order valence-electron chi connectivity index (χ4n) is 4.51. The molecule has 36 heavy (non-hydrogen) atoms. The first-order chi connectivity index (χ1) is 17.4. The summed E-state index contributed by atoms with van der Waals surface area (Å²) < 4.78 is 5.23. The maximum atomic E-state index is 12.8. The molecule has 4 N–H and O–H groups in total. The maximum absolute atomic E-state index is 12.8. The Kier molecular flexibility index (Phi) is 8.21. The van der Waals surface area contributed by atoms with Gasteiger partial charge in [0.2, 0.25) is 11.7 Å². The van der Waals surface area contributed by atoms with E-state index in [1.165, 1.54) is 0 Å². The molecule has 2 atom stereocenters. The number of tetrazole rings is 1. The average Bonchev–Trinajstić information content (AvgIpc) is 3.35. The number of nitrogens with one attached hydrogen (secondary N) is 2. The number of amides is 2. The lowest BCUT2D eigenvalue weighted by Gasteiger charge is -2.29. The van der Waals surface area contributed by atoms with Crippen molar-refractivity contribution < 1.29 is 14.3 Å². The van der Waals surface area contributed by atoms with E-state index in [2.05, 4.69) is 31.0 Å². The van der Waals surface area contributed by atoms with Gasteiger partial charge < -0.3 is 21.1 Å². The van der Waals surface area contributed by atoms with E-state index in [9.17, 15) is 9.59 Å². The molecule has 11 nitrogen and oxygen atoms in total. The third-order valence-electron chi connectivity index (χ3n) is 6.24. The van der Waals surface area contributed by atoms with Crippen LogP contribution in [0.4, 0.5) is 0 Å². The number of aromatic nitrogens is 5. The summed E-state index contributed by atoms with van der Waals surface area (Å²) in [5.41, 5.74) is 7.99. The largest absolute Gasteiger partial charge is 0.497 e. The van der Waals surface area contributed by atoms with Gasteiger partial charge in [0.15, 0.2) is 0 Å². The smallest absolute Gasteiger partial charge is 0.270 e. The van der Waals surface area contributed by atoms with Crippen LogP contribution in [0, 0.1) is 12.8 Å². The predicted molar refractivity (Wildman–Crippen MR) is 133 cm³/mol. The summed E-state index contributed by atoms with van der Waals surface area (Å²) in [4.78, 5) is 30.4. The molecular formula is C25H32N8O3. The van der Waals surface area contributed by atoms with E-state index in [0.717, 1.165) is 37.0 Å². The lowest BCUT2D eigenvalue weighted by atomic mass is 9.85. The Labute approximate surface area is 209 Å². The number of ether oxygens (including phenoxy) is 1. The third kappa shape index (κ3) is 6.63. The van der Waals surface area contributed by atoms with Gasteiger partial charge in [-0.2, -0.15) is 4.80 Å². The zero-order valence-electron chi connectivity index (χ0n) is 20.6. The second-order valence-electron chi connectivity index (χ2n) is 9.09. The quantitative estimate of drug-likeness (QED) is 0.408. The van der Waals surface area contributed by atoms with Gasteiger partial charge >= 0.3 is 0 Å². The van der Waals surface area contributed by atoms with Crippen molar-refractivity contribution in [3.05, 3.63) is 53.3 Å². The van der Waals surface area contributed by atoms with Gasteiger partial charge in [-0.1, -0.05) is 18.6 Å². The minimum absolute atomic E-state index is 0.00151. The van der Waals surface area contributed by atoms with Gasteiger partial charge in [0.1, 0.15) is 11.4 Å². The number of hydrogen-bond acceptors (Lipinski definition) is 8. The molecule has 2 amide bonds. The molecule has 1 unspecified atom stereocenters. The number of nitrogens with two attached hydrogens (primary N) is 1. The Balaban J connectivity index is 1.40. The molecule has 3 aromatic rings. The molecule has 0 aliphatic heterocycles. The van der Waals surface area contributed by atoms with Crippen LogP contribution in [0.25, 0.3) is 11.4 Å². The van der Waals surface area contributed by atoms with Crippen LogP contribution in [0.1, 0.15) is 47.4 Å². The second kappa shape index (κ2) is 11.7. The Morgan fingerprint density at radius 2 is 2.08 bits per heavy atom. The molecule has 1 saturated carbocycles. The molecule has 11 heteroatoms. The highest BCUT2D eigenvalue weighted by Gasteiger charge is 2.24.